The van der Waals surface area contributed by atoms with E-state index in [4.69, 9.17) is 5.11 Å². The maximum Gasteiger partial charge on any atom is 0.308 e. The van der Waals surface area contributed by atoms with E-state index in [9.17, 15) is 14.7 Å². The molecule has 0 aliphatic heterocycles. The minimum Gasteiger partial charge on any atom is -0.507 e. The first-order valence-corrected chi connectivity index (χ1v) is 6.62. The summed E-state index contributed by atoms with van der Waals surface area (Å²) >= 11 is 0. The first-order valence-electron chi connectivity index (χ1n) is 6.62. The topological polar surface area (TPSA) is 86.6 Å². The lowest BCUT2D eigenvalue weighted by atomic mass is 9.97. The van der Waals surface area contributed by atoms with Crippen molar-refractivity contribution in [2.45, 2.75) is 27.2 Å². The van der Waals surface area contributed by atoms with Crippen molar-refractivity contribution >= 4 is 11.9 Å². The van der Waals surface area contributed by atoms with Crippen LogP contribution in [0.25, 0.3) is 0 Å². The summed E-state index contributed by atoms with van der Waals surface area (Å²) in [5, 5.41) is 21.4. The van der Waals surface area contributed by atoms with E-state index in [-0.39, 0.29) is 23.8 Å². The number of aromatic hydroxyl groups is 1. The number of carbonyl (C=O) groups excluding carboxylic acids is 1. The van der Waals surface area contributed by atoms with E-state index in [2.05, 4.69) is 5.32 Å². The second-order valence-corrected chi connectivity index (χ2v) is 5.40. The van der Waals surface area contributed by atoms with Crippen molar-refractivity contribution in [3.63, 3.8) is 0 Å². The molecule has 1 atom stereocenters. The zero-order valence-electron chi connectivity index (χ0n) is 12.0. The summed E-state index contributed by atoms with van der Waals surface area (Å²) < 4.78 is 0. The molecule has 20 heavy (non-hydrogen) atoms. The van der Waals surface area contributed by atoms with Gasteiger partial charge >= 0.3 is 5.97 Å². The van der Waals surface area contributed by atoms with Gasteiger partial charge in [-0.3, -0.25) is 9.59 Å². The van der Waals surface area contributed by atoms with E-state index in [0.29, 0.717) is 6.42 Å². The van der Waals surface area contributed by atoms with Crippen LogP contribution in [0.15, 0.2) is 18.2 Å². The maximum absolute atomic E-state index is 11.9. The summed E-state index contributed by atoms with van der Waals surface area (Å²) in [7, 11) is 0. The molecule has 0 aliphatic carbocycles. The molecule has 1 unspecified atom stereocenters. The number of nitrogens with one attached hydrogen (secondary N) is 1. The van der Waals surface area contributed by atoms with E-state index in [1.807, 2.05) is 20.8 Å². The Hall–Kier alpha value is -2.04. The zero-order chi connectivity index (χ0) is 15.3. The van der Waals surface area contributed by atoms with Crippen molar-refractivity contribution in [2.24, 2.45) is 11.8 Å². The molecule has 0 radical (unpaired) electrons. The number of carboxylic acids is 1. The van der Waals surface area contributed by atoms with Crippen LogP contribution in [-0.4, -0.2) is 28.6 Å². The molecule has 0 aromatic heterocycles. The number of carboxylic acid groups (broad SMARTS) is 1. The van der Waals surface area contributed by atoms with Gasteiger partial charge in [-0.1, -0.05) is 19.9 Å². The first-order chi connectivity index (χ1) is 9.31. The SMILES string of the molecule is Cc1ccc(C(=O)NCC(CC(C)C)C(=O)O)c(O)c1. The van der Waals surface area contributed by atoms with Crippen molar-refractivity contribution in [3.05, 3.63) is 29.3 Å². The largest absolute Gasteiger partial charge is 0.507 e. The Kier molecular flexibility index (Phi) is 5.55. The summed E-state index contributed by atoms with van der Waals surface area (Å²) in [6, 6.07) is 4.74. The summed E-state index contributed by atoms with van der Waals surface area (Å²) in [6.07, 6.45) is 0.496. The predicted molar refractivity (Wildman–Crippen MR) is 75.8 cm³/mol. The second kappa shape index (κ2) is 6.93. The minimum absolute atomic E-state index is 0.0552. The van der Waals surface area contributed by atoms with Gasteiger partial charge in [0.05, 0.1) is 11.5 Å². The van der Waals surface area contributed by atoms with Gasteiger partial charge in [0.1, 0.15) is 5.75 Å². The van der Waals surface area contributed by atoms with Crippen LogP contribution in [0.1, 0.15) is 36.2 Å². The highest BCUT2D eigenvalue weighted by Gasteiger charge is 2.20. The molecule has 0 saturated carbocycles. The average molecular weight is 279 g/mol. The maximum atomic E-state index is 11.9. The first kappa shape index (κ1) is 16.0. The van der Waals surface area contributed by atoms with Crippen LogP contribution in [0.4, 0.5) is 0 Å². The normalized spacial score (nSPS) is 12.2. The summed E-state index contributed by atoms with van der Waals surface area (Å²) in [6.45, 7) is 5.73. The quantitative estimate of drug-likeness (QED) is 0.745. The van der Waals surface area contributed by atoms with Gasteiger partial charge in [0.15, 0.2) is 0 Å². The Morgan fingerprint density at radius 2 is 1.95 bits per heavy atom. The Morgan fingerprint density at radius 3 is 2.45 bits per heavy atom. The van der Waals surface area contributed by atoms with Gasteiger partial charge in [-0.05, 0) is 37.0 Å². The Balaban J connectivity index is 2.68. The molecule has 5 nitrogen and oxygen atoms in total. The van der Waals surface area contributed by atoms with E-state index in [1.54, 1.807) is 6.07 Å². The molecule has 1 aromatic carbocycles. The lowest BCUT2D eigenvalue weighted by Gasteiger charge is -2.15. The fraction of sp³-hybridized carbons (Fsp3) is 0.467. The highest BCUT2D eigenvalue weighted by Crippen LogP contribution is 2.18. The van der Waals surface area contributed by atoms with Crippen molar-refractivity contribution < 1.29 is 19.8 Å². The number of amides is 1. The fourth-order valence-corrected chi connectivity index (χ4v) is 1.99. The number of aryl methyl sites for hydroxylation is 1. The van der Waals surface area contributed by atoms with Crippen LogP contribution < -0.4 is 5.32 Å². The van der Waals surface area contributed by atoms with Gasteiger partial charge < -0.3 is 15.5 Å². The van der Waals surface area contributed by atoms with Gasteiger partial charge in [-0.2, -0.15) is 0 Å². The van der Waals surface area contributed by atoms with Crippen LogP contribution in [-0.2, 0) is 4.79 Å². The van der Waals surface area contributed by atoms with Gasteiger partial charge in [0.25, 0.3) is 5.91 Å². The minimum atomic E-state index is -0.924. The fourth-order valence-electron chi connectivity index (χ4n) is 1.99. The Morgan fingerprint density at radius 1 is 1.30 bits per heavy atom. The van der Waals surface area contributed by atoms with Crippen LogP contribution in [0.2, 0.25) is 0 Å². The monoisotopic (exact) mass is 279 g/mol. The zero-order valence-corrected chi connectivity index (χ0v) is 12.0. The molecule has 3 N–H and O–H groups in total. The lowest BCUT2D eigenvalue weighted by Crippen LogP contribution is -2.33. The number of aliphatic carboxylic acids is 1. The highest BCUT2D eigenvalue weighted by atomic mass is 16.4. The molecular formula is C15H21NO4. The predicted octanol–water partition coefficient (Wildman–Crippen LogP) is 2.18. The van der Waals surface area contributed by atoms with Gasteiger partial charge in [-0.15, -0.1) is 0 Å². The molecule has 5 heteroatoms. The highest BCUT2D eigenvalue weighted by molar-refractivity contribution is 5.97. The molecule has 1 amide bonds. The number of benzene rings is 1. The molecule has 110 valence electrons. The summed E-state index contributed by atoms with van der Waals surface area (Å²) in [5.74, 6) is -1.87. The van der Waals surface area contributed by atoms with Crippen LogP contribution in [0.3, 0.4) is 0 Å². The Bertz CT molecular complexity index is 497. The van der Waals surface area contributed by atoms with Crippen LogP contribution in [0, 0.1) is 18.8 Å². The number of carbonyl (C=O) groups is 2. The number of phenolic OH excluding ortho intramolecular Hbond substituents is 1. The molecule has 0 spiro atoms. The standard InChI is InChI=1S/C15H21NO4/c1-9(2)6-11(15(19)20)8-16-14(18)12-5-4-10(3)7-13(12)17/h4-5,7,9,11,17H,6,8H2,1-3H3,(H,16,18)(H,19,20). The van der Waals surface area contributed by atoms with Crippen molar-refractivity contribution in [1.82, 2.24) is 5.32 Å². The number of hydrogen-bond donors (Lipinski definition) is 3. The third-order valence-corrected chi connectivity index (χ3v) is 3.01. The second-order valence-electron chi connectivity index (χ2n) is 5.40. The van der Waals surface area contributed by atoms with E-state index < -0.39 is 17.8 Å². The molecule has 1 rings (SSSR count). The molecule has 0 saturated heterocycles. The summed E-state index contributed by atoms with van der Waals surface area (Å²) in [5.41, 5.74) is 1.01. The van der Waals surface area contributed by atoms with E-state index >= 15 is 0 Å². The van der Waals surface area contributed by atoms with Gasteiger partial charge in [0, 0.05) is 6.54 Å². The van der Waals surface area contributed by atoms with Crippen molar-refractivity contribution in [2.75, 3.05) is 6.54 Å². The smallest absolute Gasteiger partial charge is 0.308 e. The van der Waals surface area contributed by atoms with Crippen LogP contribution in [0.5, 0.6) is 5.75 Å². The molecular weight excluding hydrogens is 258 g/mol. The van der Waals surface area contributed by atoms with Crippen LogP contribution >= 0.6 is 0 Å². The molecule has 0 aliphatic rings. The van der Waals surface area contributed by atoms with Gasteiger partial charge in [0.2, 0.25) is 0 Å². The number of rotatable bonds is 6. The average Bonchev–Trinajstić information content (AvgIpc) is 2.33. The third-order valence-electron chi connectivity index (χ3n) is 3.01. The Labute approximate surface area is 118 Å². The van der Waals surface area contributed by atoms with Crippen molar-refractivity contribution in [3.8, 4) is 5.75 Å². The molecule has 0 fully saturated rings. The third kappa shape index (κ3) is 4.57. The molecule has 0 heterocycles. The van der Waals surface area contributed by atoms with E-state index in [0.717, 1.165) is 5.56 Å². The number of phenols is 1. The van der Waals surface area contributed by atoms with Gasteiger partial charge in [-0.25, -0.2) is 0 Å². The lowest BCUT2D eigenvalue weighted by molar-refractivity contribution is -0.142. The van der Waals surface area contributed by atoms with E-state index in [1.165, 1.54) is 12.1 Å². The summed E-state index contributed by atoms with van der Waals surface area (Å²) in [4.78, 5) is 23.0. The number of hydrogen-bond acceptors (Lipinski definition) is 3. The van der Waals surface area contributed by atoms with Crippen molar-refractivity contribution in [1.29, 1.82) is 0 Å². The molecule has 1 aromatic rings. The molecule has 0 bridgehead atoms.